The average molecular weight is 472 g/mol. The minimum absolute atomic E-state index is 0.263. The number of hydrogen-bond donors (Lipinski definition) is 3. The average Bonchev–Trinajstić information content (AvgIpc) is 3.31. The molecule has 2 aromatic rings. The molecule has 0 amide bonds. The summed E-state index contributed by atoms with van der Waals surface area (Å²) in [4.78, 5) is 10.1. The van der Waals surface area contributed by atoms with E-state index in [1.54, 1.807) is 18.2 Å². The number of nitrogens with two attached hydrogens (primary N) is 1. The number of rotatable bonds is 3. The summed E-state index contributed by atoms with van der Waals surface area (Å²) in [5.74, 6) is 2.42. The second kappa shape index (κ2) is 9.31. The topological polar surface area (TPSA) is 165 Å². The van der Waals surface area contributed by atoms with Crippen LogP contribution in [0.2, 0.25) is 0 Å². The van der Waals surface area contributed by atoms with Crippen molar-refractivity contribution in [1.82, 2.24) is 0 Å². The summed E-state index contributed by atoms with van der Waals surface area (Å²) in [5.41, 5.74) is 8.28. The van der Waals surface area contributed by atoms with Gasteiger partial charge in [0.1, 0.15) is 32.5 Å². The molecular weight excluding hydrogens is 450 g/mol. The number of fused-ring (bicyclic) bond motifs is 4. The molecular formula is C20H22B2N2O10. The molecule has 4 aliphatic rings. The Bertz CT molecular complexity index is 1100. The maximum Gasteiger partial charge on any atom is 0.492 e. The van der Waals surface area contributed by atoms with E-state index in [1.807, 2.05) is 6.07 Å². The quantitative estimate of drug-likeness (QED) is 0.275. The van der Waals surface area contributed by atoms with E-state index in [9.17, 15) is 20.2 Å². The fraction of sp³-hybridized carbons (Fsp3) is 0.400. The van der Waals surface area contributed by atoms with Crippen molar-refractivity contribution in [2.75, 3.05) is 39.5 Å². The first kappa shape index (κ1) is 22.7. The van der Waals surface area contributed by atoms with Gasteiger partial charge in [-0.1, -0.05) is 0 Å². The number of nitro groups is 1. The van der Waals surface area contributed by atoms with Crippen LogP contribution in [-0.4, -0.2) is 68.7 Å². The Morgan fingerprint density at radius 3 is 1.68 bits per heavy atom. The fourth-order valence-electron chi connectivity index (χ4n) is 4.29. The van der Waals surface area contributed by atoms with Crippen molar-refractivity contribution in [3.63, 3.8) is 0 Å². The molecule has 4 N–H and O–H groups in total. The van der Waals surface area contributed by atoms with Gasteiger partial charge in [0.05, 0.1) is 6.10 Å². The van der Waals surface area contributed by atoms with Crippen LogP contribution in [0.15, 0.2) is 24.3 Å². The normalized spacial score (nSPS) is 21.4. The van der Waals surface area contributed by atoms with Gasteiger partial charge in [-0.15, -0.1) is 0 Å². The van der Waals surface area contributed by atoms with Crippen LogP contribution in [0.4, 0.5) is 0 Å². The van der Waals surface area contributed by atoms with Gasteiger partial charge in [0.15, 0.2) is 23.0 Å². The van der Waals surface area contributed by atoms with Crippen molar-refractivity contribution >= 4 is 25.2 Å². The Kier molecular flexibility index (Phi) is 6.23. The first-order chi connectivity index (χ1) is 16.4. The lowest BCUT2D eigenvalue weighted by Crippen LogP contribution is -2.29. The van der Waals surface area contributed by atoms with E-state index in [2.05, 4.69) is 0 Å². The number of benzene rings is 2. The Morgan fingerprint density at radius 1 is 0.824 bits per heavy atom. The lowest BCUT2D eigenvalue weighted by molar-refractivity contribution is -0.490. The largest absolute Gasteiger partial charge is 0.492 e. The summed E-state index contributed by atoms with van der Waals surface area (Å²) in [5, 5.41) is 30.0. The van der Waals surface area contributed by atoms with Gasteiger partial charge in [0, 0.05) is 11.5 Å². The molecule has 0 fully saturated rings. The second-order valence-electron chi connectivity index (χ2n) is 7.95. The van der Waals surface area contributed by atoms with E-state index >= 15 is 0 Å². The smallest absolute Gasteiger partial charge is 0.486 e. The predicted octanol–water partition coefficient (Wildman–Crippen LogP) is -1.33. The minimum atomic E-state index is -1.15. The van der Waals surface area contributed by atoms with E-state index in [0.29, 0.717) is 67.0 Å². The third-order valence-electron chi connectivity index (χ3n) is 5.84. The molecule has 6 rings (SSSR count). The number of nitrogens with zero attached hydrogens (tertiary/aromatic N) is 1. The zero-order valence-electron chi connectivity index (χ0n) is 18.0. The summed E-state index contributed by atoms with van der Waals surface area (Å²) < 4.78 is 32.2. The minimum Gasteiger partial charge on any atom is -0.486 e. The van der Waals surface area contributed by atoms with Crippen molar-refractivity contribution < 1.29 is 43.2 Å². The maximum absolute atomic E-state index is 10.5. The zero-order valence-corrected chi connectivity index (χ0v) is 18.0. The highest BCUT2D eigenvalue weighted by Crippen LogP contribution is 2.36. The fourth-order valence-corrected chi connectivity index (χ4v) is 4.29. The molecule has 0 aromatic heterocycles. The van der Waals surface area contributed by atoms with Gasteiger partial charge in [-0.3, -0.25) is 10.1 Å². The molecule has 2 atom stereocenters. The third kappa shape index (κ3) is 4.26. The van der Waals surface area contributed by atoms with Gasteiger partial charge >= 0.3 is 14.2 Å². The molecule has 178 valence electrons. The van der Waals surface area contributed by atoms with E-state index in [1.165, 1.54) is 0 Å². The Morgan fingerprint density at radius 2 is 1.24 bits per heavy atom. The Hall–Kier alpha value is -3.03. The number of ether oxygens (including phenoxy) is 4. The van der Waals surface area contributed by atoms with Crippen LogP contribution in [-0.2, 0) is 9.31 Å². The summed E-state index contributed by atoms with van der Waals surface area (Å²) in [7, 11) is -2.07. The van der Waals surface area contributed by atoms with Crippen LogP contribution in [0.1, 0.15) is 23.3 Å². The second-order valence-corrected chi connectivity index (χ2v) is 7.95. The number of hydrogen-bond acceptors (Lipinski definition) is 11. The van der Waals surface area contributed by atoms with Gasteiger partial charge in [0.25, 0.3) is 0 Å². The van der Waals surface area contributed by atoms with Crippen LogP contribution in [0.5, 0.6) is 23.0 Å². The first-order valence-corrected chi connectivity index (χ1v) is 10.8. The van der Waals surface area contributed by atoms with E-state index in [0.717, 1.165) is 11.0 Å². The SMILES string of the molecule is NCC1OB(O)c2cc3c(cc21)OCCO3.O=[N+]([O-])CC1OB(O)c2cc3c(cc21)OCCO3. The van der Waals surface area contributed by atoms with E-state index in [4.69, 9.17) is 34.0 Å². The molecule has 0 saturated heterocycles. The summed E-state index contributed by atoms with van der Waals surface area (Å²) in [6.07, 6.45) is -1.01. The van der Waals surface area contributed by atoms with Crippen molar-refractivity contribution in [2.24, 2.45) is 5.73 Å². The van der Waals surface area contributed by atoms with Crippen LogP contribution in [0, 0.1) is 10.1 Å². The molecule has 4 heterocycles. The van der Waals surface area contributed by atoms with Gasteiger partial charge in [0.2, 0.25) is 6.54 Å². The first-order valence-electron chi connectivity index (χ1n) is 10.8. The third-order valence-corrected chi connectivity index (χ3v) is 5.84. The molecule has 12 nitrogen and oxygen atoms in total. The van der Waals surface area contributed by atoms with Gasteiger partial charge in [-0.2, -0.15) is 0 Å². The molecule has 2 unspecified atom stereocenters. The van der Waals surface area contributed by atoms with Crippen molar-refractivity contribution in [2.45, 2.75) is 12.2 Å². The highest BCUT2D eigenvalue weighted by Gasteiger charge is 2.39. The van der Waals surface area contributed by atoms with Gasteiger partial charge < -0.3 is 44.0 Å². The summed E-state index contributed by atoms with van der Waals surface area (Å²) >= 11 is 0. The zero-order chi connectivity index (χ0) is 23.8. The van der Waals surface area contributed by atoms with Gasteiger partial charge in [-0.25, -0.2) is 0 Å². The highest BCUT2D eigenvalue weighted by molar-refractivity contribution is 6.62. The molecule has 4 aliphatic heterocycles. The predicted molar refractivity (Wildman–Crippen MR) is 119 cm³/mol. The lowest BCUT2D eigenvalue weighted by Gasteiger charge is -2.20. The molecule has 14 heteroatoms. The molecule has 0 bridgehead atoms. The van der Waals surface area contributed by atoms with Crippen LogP contribution >= 0.6 is 0 Å². The van der Waals surface area contributed by atoms with Crippen molar-refractivity contribution in [3.05, 3.63) is 45.5 Å². The standard InChI is InChI=1S/C10H10BNO6.C10H12BNO4/c13-11-7-4-9-8(16-1-2-17-9)3-6(7)10(18-11)5-12(14)15;12-5-10-6-3-8-9(15-2-1-14-8)4-7(6)11(13)16-10/h3-4,10,13H,1-2,5H2;3-4,10,13H,1-2,5,12H2. The summed E-state index contributed by atoms with van der Waals surface area (Å²) in [6, 6.07) is 6.88. The molecule has 0 spiro atoms. The lowest BCUT2D eigenvalue weighted by atomic mass is 9.79. The maximum atomic E-state index is 10.5. The Labute approximate surface area is 194 Å². The molecule has 0 aliphatic carbocycles. The van der Waals surface area contributed by atoms with Crippen LogP contribution < -0.4 is 35.6 Å². The molecule has 0 saturated carbocycles. The van der Waals surface area contributed by atoms with Crippen LogP contribution in [0.3, 0.4) is 0 Å². The molecule has 34 heavy (non-hydrogen) atoms. The monoisotopic (exact) mass is 472 g/mol. The summed E-state index contributed by atoms with van der Waals surface area (Å²) in [6.45, 7) is 1.91. The Balaban J connectivity index is 0.000000142. The highest BCUT2D eigenvalue weighted by atomic mass is 16.6. The van der Waals surface area contributed by atoms with Gasteiger partial charge in [-0.05, 0) is 46.3 Å². The molecule has 0 radical (unpaired) electrons. The van der Waals surface area contributed by atoms with Crippen LogP contribution in [0.25, 0.3) is 0 Å². The molecule has 2 aromatic carbocycles. The van der Waals surface area contributed by atoms with E-state index < -0.39 is 25.3 Å². The van der Waals surface area contributed by atoms with E-state index in [-0.39, 0.29) is 12.6 Å². The van der Waals surface area contributed by atoms with Crippen molar-refractivity contribution in [3.8, 4) is 23.0 Å². The van der Waals surface area contributed by atoms with Crippen molar-refractivity contribution in [1.29, 1.82) is 0 Å².